The Morgan fingerprint density at radius 3 is 2.65 bits per heavy atom. The fourth-order valence-corrected chi connectivity index (χ4v) is 2.07. The molecule has 0 bridgehead atoms. The standard InChI is InChI=1S/C15H22N4O/c1-2-15-17-14(18-20-15)12-19(10-6-9-16)11-13-7-4-3-5-8-13/h3-5,7-8H,2,6,9-12,16H2,1H3. The average molecular weight is 274 g/mol. The molecule has 0 aliphatic carbocycles. The molecule has 0 saturated heterocycles. The Bertz CT molecular complexity index is 498. The van der Waals surface area contributed by atoms with Crippen LogP contribution in [0.3, 0.4) is 0 Å². The van der Waals surface area contributed by atoms with Crippen LogP contribution in [0, 0.1) is 0 Å². The Balaban J connectivity index is 1.99. The number of aryl methyl sites for hydroxylation is 1. The van der Waals surface area contributed by atoms with Gasteiger partial charge < -0.3 is 10.3 Å². The van der Waals surface area contributed by atoms with E-state index in [4.69, 9.17) is 10.3 Å². The van der Waals surface area contributed by atoms with Crippen molar-refractivity contribution < 1.29 is 4.52 Å². The second kappa shape index (κ2) is 7.77. The van der Waals surface area contributed by atoms with Crippen LogP contribution in [0.15, 0.2) is 34.9 Å². The number of benzene rings is 1. The molecule has 0 fully saturated rings. The summed E-state index contributed by atoms with van der Waals surface area (Å²) in [5.41, 5.74) is 6.89. The van der Waals surface area contributed by atoms with E-state index in [2.05, 4.69) is 39.3 Å². The third-order valence-electron chi connectivity index (χ3n) is 3.11. The van der Waals surface area contributed by atoms with Crippen LogP contribution in [-0.2, 0) is 19.5 Å². The highest BCUT2D eigenvalue weighted by atomic mass is 16.5. The maximum Gasteiger partial charge on any atom is 0.226 e. The lowest BCUT2D eigenvalue weighted by molar-refractivity contribution is 0.244. The molecule has 5 nitrogen and oxygen atoms in total. The molecule has 0 amide bonds. The molecular weight excluding hydrogens is 252 g/mol. The summed E-state index contributed by atoms with van der Waals surface area (Å²) in [6.07, 6.45) is 1.74. The van der Waals surface area contributed by atoms with E-state index in [1.807, 2.05) is 13.0 Å². The van der Waals surface area contributed by atoms with Crippen molar-refractivity contribution in [3.8, 4) is 0 Å². The average Bonchev–Trinajstić information content (AvgIpc) is 2.93. The SMILES string of the molecule is CCc1nc(CN(CCCN)Cc2ccccc2)no1. The first-order chi connectivity index (χ1) is 9.81. The van der Waals surface area contributed by atoms with E-state index in [9.17, 15) is 0 Å². The van der Waals surface area contributed by atoms with E-state index in [1.54, 1.807) is 0 Å². The van der Waals surface area contributed by atoms with Gasteiger partial charge in [0.15, 0.2) is 5.82 Å². The van der Waals surface area contributed by atoms with E-state index >= 15 is 0 Å². The van der Waals surface area contributed by atoms with Gasteiger partial charge in [-0.2, -0.15) is 4.98 Å². The van der Waals surface area contributed by atoms with Crippen molar-refractivity contribution in [1.29, 1.82) is 0 Å². The molecule has 2 aromatic rings. The minimum Gasteiger partial charge on any atom is -0.339 e. The second-order valence-electron chi connectivity index (χ2n) is 4.80. The Morgan fingerprint density at radius 1 is 1.20 bits per heavy atom. The van der Waals surface area contributed by atoms with Gasteiger partial charge in [0.2, 0.25) is 5.89 Å². The van der Waals surface area contributed by atoms with Crippen molar-refractivity contribution in [2.45, 2.75) is 32.9 Å². The number of nitrogens with zero attached hydrogens (tertiary/aromatic N) is 3. The molecule has 0 aliphatic heterocycles. The van der Waals surface area contributed by atoms with Gasteiger partial charge in [0.25, 0.3) is 0 Å². The quantitative estimate of drug-likeness (QED) is 0.797. The molecule has 0 saturated carbocycles. The number of aromatic nitrogens is 2. The second-order valence-corrected chi connectivity index (χ2v) is 4.80. The van der Waals surface area contributed by atoms with E-state index in [-0.39, 0.29) is 0 Å². The van der Waals surface area contributed by atoms with Crippen LogP contribution in [-0.4, -0.2) is 28.1 Å². The Kier molecular flexibility index (Phi) is 5.70. The number of hydrogen-bond donors (Lipinski definition) is 1. The largest absolute Gasteiger partial charge is 0.339 e. The molecule has 5 heteroatoms. The van der Waals surface area contributed by atoms with Crippen molar-refractivity contribution in [1.82, 2.24) is 15.0 Å². The maximum absolute atomic E-state index is 5.61. The Labute approximate surface area is 119 Å². The van der Waals surface area contributed by atoms with Crippen LogP contribution in [0.25, 0.3) is 0 Å². The summed E-state index contributed by atoms with van der Waals surface area (Å²) in [6, 6.07) is 10.4. The smallest absolute Gasteiger partial charge is 0.226 e. The highest BCUT2D eigenvalue weighted by molar-refractivity contribution is 5.14. The van der Waals surface area contributed by atoms with E-state index in [0.29, 0.717) is 19.0 Å². The molecule has 20 heavy (non-hydrogen) atoms. The van der Waals surface area contributed by atoms with Crippen molar-refractivity contribution in [3.63, 3.8) is 0 Å². The Hall–Kier alpha value is -1.72. The van der Waals surface area contributed by atoms with Crippen LogP contribution < -0.4 is 5.73 Å². The van der Waals surface area contributed by atoms with Crippen LogP contribution >= 0.6 is 0 Å². The van der Waals surface area contributed by atoms with E-state index in [0.717, 1.165) is 31.8 Å². The van der Waals surface area contributed by atoms with Crippen molar-refractivity contribution >= 4 is 0 Å². The summed E-state index contributed by atoms with van der Waals surface area (Å²) in [6.45, 7) is 5.20. The molecular formula is C15H22N4O. The third-order valence-corrected chi connectivity index (χ3v) is 3.11. The molecule has 0 atom stereocenters. The van der Waals surface area contributed by atoms with Crippen LogP contribution in [0.4, 0.5) is 0 Å². The summed E-state index contributed by atoms with van der Waals surface area (Å²) in [4.78, 5) is 6.67. The lowest BCUT2D eigenvalue weighted by Crippen LogP contribution is -2.26. The molecule has 1 aromatic carbocycles. The first-order valence-corrected chi connectivity index (χ1v) is 7.09. The molecule has 2 rings (SSSR count). The van der Waals surface area contributed by atoms with Crippen LogP contribution in [0.1, 0.15) is 30.6 Å². The molecule has 1 heterocycles. The third kappa shape index (κ3) is 4.43. The summed E-state index contributed by atoms with van der Waals surface area (Å²) in [5.74, 6) is 1.44. The number of rotatable bonds is 8. The van der Waals surface area contributed by atoms with Gasteiger partial charge in [-0.15, -0.1) is 0 Å². The molecule has 1 aromatic heterocycles. The van der Waals surface area contributed by atoms with Gasteiger partial charge in [-0.1, -0.05) is 42.4 Å². The first-order valence-electron chi connectivity index (χ1n) is 7.09. The zero-order valence-electron chi connectivity index (χ0n) is 12.0. The van der Waals surface area contributed by atoms with Crippen LogP contribution in [0.2, 0.25) is 0 Å². The zero-order valence-corrected chi connectivity index (χ0v) is 12.0. The van der Waals surface area contributed by atoms with E-state index < -0.39 is 0 Å². The van der Waals surface area contributed by atoms with E-state index in [1.165, 1.54) is 5.56 Å². The highest BCUT2D eigenvalue weighted by Crippen LogP contribution is 2.09. The fraction of sp³-hybridized carbons (Fsp3) is 0.467. The number of nitrogens with two attached hydrogens (primary N) is 1. The Morgan fingerprint density at radius 2 is 2.00 bits per heavy atom. The summed E-state index contributed by atoms with van der Waals surface area (Å²) in [7, 11) is 0. The van der Waals surface area contributed by atoms with Gasteiger partial charge in [-0.3, -0.25) is 4.90 Å². The van der Waals surface area contributed by atoms with Gasteiger partial charge >= 0.3 is 0 Å². The maximum atomic E-state index is 5.61. The predicted molar refractivity (Wildman–Crippen MR) is 77.9 cm³/mol. The molecule has 0 unspecified atom stereocenters. The molecule has 0 spiro atoms. The molecule has 0 radical (unpaired) electrons. The normalized spacial score (nSPS) is 11.2. The van der Waals surface area contributed by atoms with Gasteiger partial charge in [0, 0.05) is 19.5 Å². The van der Waals surface area contributed by atoms with Crippen LogP contribution in [0.5, 0.6) is 0 Å². The van der Waals surface area contributed by atoms with Gasteiger partial charge in [-0.25, -0.2) is 0 Å². The topological polar surface area (TPSA) is 68.2 Å². The minimum atomic E-state index is 0.692. The molecule has 2 N–H and O–H groups in total. The van der Waals surface area contributed by atoms with Crippen molar-refractivity contribution in [2.24, 2.45) is 5.73 Å². The van der Waals surface area contributed by atoms with Gasteiger partial charge in [0.05, 0.1) is 6.54 Å². The summed E-state index contributed by atoms with van der Waals surface area (Å²) in [5, 5.41) is 4.02. The van der Waals surface area contributed by atoms with Crippen molar-refractivity contribution in [2.75, 3.05) is 13.1 Å². The molecule has 108 valence electrons. The van der Waals surface area contributed by atoms with Gasteiger partial charge in [-0.05, 0) is 18.5 Å². The molecule has 0 aliphatic rings. The monoisotopic (exact) mass is 274 g/mol. The van der Waals surface area contributed by atoms with Gasteiger partial charge in [0.1, 0.15) is 0 Å². The van der Waals surface area contributed by atoms with Crippen molar-refractivity contribution in [3.05, 3.63) is 47.6 Å². The predicted octanol–water partition coefficient (Wildman–Crippen LogP) is 1.98. The first kappa shape index (κ1) is 14.7. The minimum absolute atomic E-state index is 0.692. The lowest BCUT2D eigenvalue weighted by Gasteiger charge is -2.20. The lowest BCUT2D eigenvalue weighted by atomic mass is 10.2. The number of hydrogen-bond acceptors (Lipinski definition) is 5. The fourth-order valence-electron chi connectivity index (χ4n) is 2.07. The summed E-state index contributed by atoms with van der Waals surface area (Å²) >= 11 is 0. The highest BCUT2D eigenvalue weighted by Gasteiger charge is 2.11. The zero-order chi connectivity index (χ0) is 14.2. The summed E-state index contributed by atoms with van der Waals surface area (Å²) < 4.78 is 5.16.